The molecule has 0 radical (unpaired) electrons. The van der Waals surface area contributed by atoms with Crippen molar-refractivity contribution in [2.75, 3.05) is 0 Å². The molecule has 1 nitrogen and oxygen atoms in total. The number of nitrogens with zero attached hydrogens (tertiary/aromatic N) is 1. The minimum absolute atomic E-state index is 0.0516. The molecule has 0 amide bonds. The van der Waals surface area contributed by atoms with Gasteiger partial charge in [0.05, 0.1) is 5.69 Å². The van der Waals surface area contributed by atoms with E-state index in [0.717, 1.165) is 5.69 Å². The van der Waals surface area contributed by atoms with Gasteiger partial charge in [-0.15, -0.1) is 0 Å². The second-order valence-corrected chi connectivity index (χ2v) is 4.03. The zero-order chi connectivity index (χ0) is 10.0. The van der Waals surface area contributed by atoms with Crippen LogP contribution in [-0.2, 0) is 5.41 Å². The lowest BCUT2D eigenvalue weighted by Crippen LogP contribution is -2.29. The zero-order valence-corrected chi connectivity index (χ0v) is 8.64. The molecule has 72 valence electrons. The van der Waals surface area contributed by atoms with Gasteiger partial charge >= 0.3 is 0 Å². The molecule has 2 unspecified atom stereocenters. The van der Waals surface area contributed by atoms with Crippen molar-refractivity contribution in [1.82, 2.24) is 4.98 Å². The first-order valence-corrected chi connectivity index (χ1v) is 5.01. The number of allylic oxidation sites excluding steroid dienone is 4. The molecule has 2 atom stereocenters. The van der Waals surface area contributed by atoms with E-state index in [1.165, 1.54) is 0 Å². The van der Waals surface area contributed by atoms with Crippen LogP contribution in [0.3, 0.4) is 0 Å². The molecule has 0 bridgehead atoms. The third kappa shape index (κ3) is 1.39. The number of pyridine rings is 1. The van der Waals surface area contributed by atoms with Gasteiger partial charge in [0, 0.05) is 11.6 Å². The van der Waals surface area contributed by atoms with Gasteiger partial charge in [-0.25, -0.2) is 0 Å². The summed E-state index contributed by atoms with van der Waals surface area (Å²) in [6, 6.07) is 6.10. The van der Waals surface area contributed by atoms with Crippen molar-refractivity contribution in [1.29, 1.82) is 0 Å². The maximum absolute atomic E-state index is 4.44. The molecule has 0 saturated heterocycles. The number of hydrogen-bond acceptors (Lipinski definition) is 1. The highest BCUT2D eigenvalue weighted by Crippen LogP contribution is 2.35. The van der Waals surface area contributed by atoms with Gasteiger partial charge in [-0.05, 0) is 25.0 Å². The van der Waals surface area contributed by atoms with Crippen molar-refractivity contribution in [3.05, 3.63) is 54.4 Å². The fraction of sp³-hybridized carbons (Fsp3) is 0.308. The van der Waals surface area contributed by atoms with Crippen molar-refractivity contribution >= 4 is 0 Å². The van der Waals surface area contributed by atoms with Crippen molar-refractivity contribution in [3.63, 3.8) is 0 Å². The van der Waals surface area contributed by atoms with Crippen molar-refractivity contribution in [3.8, 4) is 0 Å². The number of hydrogen-bond donors (Lipinski definition) is 0. The summed E-state index contributed by atoms with van der Waals surface area (Å²) in [7, 11) is 0. The fourth-order valence-electron chi connectivity index (χ4n) is 1.84. The Balaban J connectivity index is 2.42. The smallest absolute Gasteiger partial charge is 0.0506 e. The quantitative estimate of drug-likeness (QED) is 0.655. The van der Waals surface area contributed by atoms with Crippen molar-refractivity contribution in [2.45, 2.75) is 19.3 Å². The van der Waals surface area contributed by atoms with Gasteiger partial charge in [0.2, 0.25) is 0 Å². The third-order valence-electron chi connectivity index (χ3n) is 3.12. The lowest BCUT2D eigenvalue weighted by molar-refractivity contribution is 0.445. The maximum atomic E-state index is 4.44. The second-order valence-electron chi connectivity index (χ2n) is 4.03. The van der Waals surface area contributed by atoms with Crippen molar-refractivity contribution in [2.24, 2.45) is 5.92 Å². The zero-order valence-electron chi connectivity index (χ0n) is 8.64. The molecular formula is C13H15N. The van der Waals surface area contributed by atoms with Crippen LogP contribution in [0.15, 0.2) is 48.7 Å². The standard InChI is InChI=1S/C13H15N/c1-11-7-3-5-9-13(11,2)12-8-4-6-10-14-12/h3-11H,1-2H3. The minimum Gasteiger partial charge on any atom is -0.260 e. The predicted octanol–water partition coefficient (Wildman–Crippen LogP) is 3.10. The molecule has 0 fully saturated rings. The van der Waals surface area contributed by atoms with Gasteiger partial charge in [-0.2, -0.15) is 0 Å². The van der Waals surface area contributed by atoms with Gasteiger partial charge in [0.1, 0.15) is 0 Å². The van der Waals surface area contributed by atoms with Crippen LogP contribution in [0.4, 0.5) is 0 Å². The molecule has 0 aliphatic heterocycles. The van der Waals surface area contributed by atoms with E-state index in [2.05, 4.69) is 49.2 Å². The van der Waals surface area contributed by atoms with Crippen LogP contribution in [-0.4, -0.2) is 4.98 Å². The van der Waals surface area contributed by atoms with Gasteiger partial charge in [-0.3, -0.25) is 4.98 Å². The Morgan fingerprint density at radius 1 is 1.29 bits per heavy atom. The number of aromatic nitrogens is 1. The Kier molecular flexibility index (Phi) is 2.24. The van der Waals surface area contributed by atoms with Gasteiger partial charge < -0.3 is 0 Å². The summed E-state index contributed by atoms with van der Waals surface area (Å²) in [5, 5.41) is 0. The summed E-state index contributed by atoms with van der Waals surface area (Å²) >= 11 is 0. The van der Waals surface area contributed by atoms with Crippen LogP contribution in [0.5, 0.6) is 0 Å². The summed E-state index contributed by atoms with van der Waals surface area (Å²) in [6.07, 6.45) is 10.5. The summed E-state index contributed by atoms with van der Waals surface area (Å²) in [6.45, 7) is 4.47. The van der Waals surface area contributed by atoms with Crippen LogP contribution in [0.25, 0.3) is 0 Å². The maximum Gasteiger partial charge on any atom is 0.0506 e. The first-order chi connectivity index (χ1) is 6.73. The summed E-state index contributed by atoms with van der Waals surface area (Å²) in [5.74, 6) is 0.502. The molecule has 2 rings (SSSR count). The average Bonchev–Trinajstić information content (AvgIpc) is 2.24. The lowest BCUT2D eigenvalue weighted by Gasteiger charge is -2.32. The molecule has 0 N–H and O–H groups in total. The van der Waals surface area contributed by atoms with Crippen LogP contribution >= 0.6 is 0 Å². The molecular weight excluding hydrogens is 170 g/mol. The molecule has 14 heavy (non-hydrogen) atoms. The first kappa shape index (κ1) is 9.20. The largest absolute Gasteiger partial charge is 0.260 e. The normalized spacial score (nSPS) is 30.6. The summed E-state index contributed by atoms with van der Waals surface area (Å²) < 4.78 is 0. The molecule has 1 heteroatoms. The van der Waals surface area contributed by atoms with Crippen LogP contribution in [0, 0.1) is 5.92 Å². The Hall–Kier alpha value is -1.37. The van der Waals surface area contributed by atoms with E-state index in [-0.39, 0.29) is 5.41 Å². The molecule has 0 spiro atoms. The lowest BCUT2D eigenvalue weighted by atomic mass is 9.73. The number of rotatable bonds is 1. The monoisotopic (exact) mass is 185 g/mol. The average molecular weight is 185 g/mol. The van der Waals surface area contributed by atoms with E-state index in [1.54, 1.807) is 0 Å². The Labute approximate surface area is 85.2 Å². The van der Waals surface area contributed by atoms with Crippen LogP contribution < -0.4 is 0 Å². The predicted molar refractivity (Wildman–Crippen MR) is 59.0 cm³/mol. The Morgan fingerprint density at radius 3 is 2.79 bits per heavy atom. The third-order valence-corrected chi connectivity index (χ3v) is 3.12. The van der Waals surface area contributed by atoms with Gasteiger partial charge in [0.25, 0.3) is 0 Å². The topological polar surface area (TPSA) is 12.9 Å². The Morgan fingerprint density at radius 2 is 2.14 bits per heavy atom. The highest BCUT2D eigenvalue weighted by molar-refractivity contribution is 5.31. The molecule has 0 saturated carbocycles. The van der Waals surface area contributed by atoms with E-state index in [4.69, 9.17) is 0 Å². The van der Waals surface area contributed by atoms with Crippen LogP contribution in [0.2, 0.25) is 0 Å². The highest BCUT2D eigenvalue weighted by atomic mass is 14.7. The van der Waals surface area contributed by atoms with Crippen molar-refractivity contribution < 1.29 is 0 Å². The van der Waals surface area contributed by atoms with E-state index < -0.39 is 0 Å². The molecule has 1 aromatic heterocycles. The Bertz CT molecular complexity index is 364. The summed E-state index contributed by atoms with van der Waals surface area (Å²) in [5.41, 5.74) is 1.20. The van der Waals surface area contributed by atoms with E-state index in [1.807, 2.05) is 18.3 Å². The molecule has 0 aromatic carbocycles. The molecule has 1 heterocycles. The van der Waals surface area contributed by atoms with Crippen LogP contribution in [0.1, 0.15) is 19.5 Å². The highest BCUT2D eigenvalue weighted by Gasteiger charge is 2.31. The minimum atomic E-state index is 0.0516. The fourth-order valence-corrected chi connectivity index (χ4v) is 1.84. The van der Waals surface area contributed by atoms with E-state index in [0.29, 0.717) is 5.92 Å². The molecule has 1 aliphatic rings. The van der Waals surface area contributed by atoms with E-state index in [9.17, 15) is 0 Å². The van der Waals surface area contributed by atoms with Gasteiger partial charge in [0.15, 0.2) is 0 Å². The molecule has 1 aliphatic carbocycles. The first-order valence-electron chi connectivity index (χ1n) is 5.01. The van der Waals surface area contributed by atoms with Gasteiger partial charge in [-0.1, -0.05) is 37.3 Å². The second kappa shape index (κ2) is 3.41. The molecule has 1 aromatic rings. The van der Waals surface area contributed by atoms with E-state index >= 15 is 0 Å². The SMILES string of the molecule is CC1C=CC=CC1(C)c1ccccn1. The summed E-state index contributed by atoms with van der Waals surface area (Å²) in [4.78, 5) is 4.44.